The standard InChI is InChI=1S/C23H29FO2S/c1-4-6-13-23(5-2)15-27-20-12-11-16(26-3)14-18(20)21(22(23)25)17-9-7-8-10-19(17)24/h7-12,14,21-22,25H,4-6,13,15H2,1-3H3/t21-,22-,23+/m0/s1. The van der Waals surface area contributed by atoms with Crippen molar-refractivity contribution in [3.05, 3.63) is 59.4 Å². The van der Waals surface area contributed by atoms with Crippen molar-refractivity contribution in [2.45, 2.75) is 56.4 Å². The fourth-order valence-electron chi connectivity index (χ4n) is 4.16. The maximum atomic E-state index is 14.8. The van der Waals surface area contributed by atoms with Crippen LogP contribution in [0.5, 0.6) is 5.75 Å². The Bertz CT molecular complexity index is 779. The SMILES string of the molecule is CCCC[C@]1(CC)CSc2ccc(OC)cc2[C@H](c2ccccc2F)[C@@H]1O. The highest BCUT2D eigenvalue weighted by molar-refractivity contribution is 7.99. The van der Waals surface area contributed by atoms with Crippen molar-refractivity contribution in [1.82, 2.24) is 0 Å². The number of methoxy groups -OCH3 is 1. The summed E-state index contributed by atoms with van der Waals surface area (Å²) in [6, 6.07) is 12.8. The topological polar surface area (TPSA) is 29.5 Å². The van der Waals surface area contributed by atoms with Gasteiger partial charge in [0, 0.05) is 22.0 Å². The predicted molar refractivity (Wildman–Crippen MR) is 110 cm³/mol. The number of thioether (sulfide) groups is 1. The van der Waals surface area contributed by atoms with E-state index in [0.29, 0.717) is 5.56 Å². The van der Waals surface area contributed by atoms with Gasteiger partial charge in [0.05, 0.1) is 13.2 Å². The Kier molecular flexibility index (Phi) is 6.48. The summed E-state index contributed by atoms with van der Waals surface area (Å²) in [4.78, 5) is 1.11. The summed E-state index contributed by atoms with van der Waals surface area (Å²) >= 11 is 1.78. The second-order valence-electron chi connectivity index (χ2n) is 7.46. The van der Waals surface area contributed by atoms with E-state index in [1.165, 1.54) is 6.07 Å². The third-order valence-electron chi connectivity index (χ3n) is 5.98. The average molecular weight is 389 g/mol. The van der Waals surface area contributed by atoms with Crippen LogP contribution in [0, 0.1) is 11.2 Å². The monoisotopic (exact) mass is 388 g/mol. The molecule has 0 saturated heterocycles. The molecular weight excluding hydrogens is 359 g/mol. The molecular formula is C23H29FO2S. The number of hydrogen-bond donors (Lipinski definition) is 1. The van der Waals surface area contributed by atoms with Gasteiger partial charge in [0.25, 0.3) is 0 Å². The van der Waals surface area contributed by atoms with E-state index >= 15 is 0 Å². The lowest BCUT2D eigenvalue weighted by atomic mass is 9.69. The zero-order valence-corrected chi connectivity index (χ0v) is 17.2. The number of fused-ring (bicyclic) bond motifs is 1. The maximum absolute atomic E-state index is 14.8. The van der Waals surface area contributed by atoms with Crippen molar-refractivity contribution in [3.8, 4) is 5.75 Å². The molecule has 1 aliphatic heterocycles. The van der Waals surface area contributed by atoms with Gasteiger partial charge in [-0.05, 0) is 48.2 Å². The molecule has 0 spiro atoms. The minimum atomic E-state index is -0.646. The highest BCUT2D eigenvalue weighted by Crippen LogP contribution is 2.51. The average Bonchev–Trinajstić information content (AvgIpc) is 2.81. The highest BCUT2D eigenvalue weighted by Gasteiger charge is 2.45. The van der Waals surface area contributed by atoms with Crippen LogP contribution in [0.3, 0.4) is 0 Å². The fourth-order valence-corrected chi connectivity index (χ4v) is 5.64. The molecule has 2 nitrogen and oxygen atoms in total. The van der Waals surface area contributed by atoms with Crippen molar-refractivity contribution >= 4 is 11.8 Å². The summed E-state index contributed by atoms with van der Waals surface area (Å²) < 4.78 is 20.2. The summed E-state index contributed by atoms with van der Waals surface area (Å²) in [5, 5.41) is 11.7. The lowest BCUT2D eigenvalue weighted by Crippen LogP contribution is -2.40. The molecule has 27 heavy (non-hydrogen) atoms. The normalized spacial score (nSPS) is 24.9. The van der Waals surface area contributed by atoms with Crippen LogP contribution in [0.1, 0.15) is 56.6 Å². The number of ether oxygens (including phenoxy) is 1. The fraction of sp³-hybridized carbons (Fsp3) is 0.478. The summed E-state index contributed by atoms with van der Waals surface area (Å²) in [6.07, 6.45) is 3.33. The van der Waals surface area contributed by atoms with Crippen LogP contribution in [-0.2, 0) is 0 Å². The molecule has 0 amide bonds. The van der Waals surface area contributed by atoms with Crippen molar-refractivity contribution < 1.29 is 14.2 Å². The van der Waals surface area contributed by atoms with Gasteiger partial charge in [0.1, 0.15) is 11.6 Å². The molecule has 1 aliphatic rings. The van der Waals surface area contributed by atoms with Crippen LogP contribution in [-0.4, -0.2) is 24.1 Å². The first-order valence-electron chi connectivity index (χ1n) is 9.79. The van der Waals surface area contributed by atoms with Crippen LogP contribution in [0.4, 0.5) is 4.39 Å². The number of unbranched alkanes of at least 4 members (excludes halogenated alkanes) is 1. The molecule has 3 rings (SSSR count). The molecule has 0 aliphatic carbocycles. The van der Waals surface area contributed by atoms with Crippen molar-refractivity contribution in [2.75, 3.05) is 12.9 Å². The molecule has 2 aromatic carbocycles. The van der Waals surface area contributed by atoms with Crippen LogP contribution in [0.25, 0.3) is 0 Å². The van der Waals surface area contributed by atoms with Crippen molar-refractivity contribution in [1.29, 1.82) is 0 Å². The number of rotatable bonds is 6. The van der Waals surface area contributed by atoms with Gasteiger partial charge in [-0.1, -0.05) is 44.9 Å². The highest BCUT2D eigenvalue weighted by atomic mass is 32.2. The Labute approximate surface area is 166 Å². The summed E-state index contributed by atoms with van der Waals surface area (Å²) in [6.45, 7) is 4.32. The Balaban J connectivity index is 2.18. The smallest absolute Gasteiger partial charge is 0.127 e. The Morgan fingerprint density at radius 1 is 1.19 bits per heavy atom. The zero-order chi connectivity index (χ0) is 19.4. The summed E-state index contributed by atoms with van der Waals surface area (Å²) in [5.41, 5.74) is 1.29. The second-order valence-corrected chi connectivity index (χ2v) is 8.47. The molecule has 0 unspecified atom stereocenters. The lowest BCUT2D eigenvalue weighted by Gasteiger charge is -2.39. The van der Waals surface area contributed by atoms with E-state index in [9.17, 15) is 9.50 Å². The predicted octanol–water partition coefficient (Wildman–Crippen LogP) is 6.02. The van der Waals surface area contributed by atoms with E-state index in [1.807, 2.05) is 30.3 Å². The van der Waals surface area contributed by atoms with Crippen LogP contribution in [0.2, 0.25) is 0 Å². The van der Waals surface area contributed by atoms with Crippen LogP contribution >= 0.6 is 11.8 Å². The molecule has 1 N–H and O–H groups in total. The molecule has 0 aromatic heterocycles. The van der Waals surface area contributed by atoms with Crippen molar-refractivity contribution in [2.24, 2.45) is 5.41 Å². The van der Waals surface area contributed by atoms with E-state index < -0.39 is 12.0 Å². The van der Waals surface area contributed by atoms with Crippen LogP contribution < -0.4 is 4.74 Å². The van der Waals surface area contributed by atoms with E-state index in [4.69, 9.17) is 4.74 Å². The minimum Gasteiger partial charge on any atom is -0.497 e. The summed E-state index contributed by atoms with van der Waals surface area (Å²) in [7, 11) is 1.64. The third-order valence-corrected chi connectivity index (χ3v) is 7.38. The molecule has 0 radical (unpaired) electrons. The van der Waals surface area contributed by atoms with Crippen LogP contribution in [0.15, 0.2) is 47.4 Å². The zero-order valence-electron chi connectivity index (χ0n) is 16.4. The van der Waals surface area contributed by atoms with Gasteiger partial charge in [-0.15, -0.1) is 11.8 Å². The number of aliphatic hydroxyl groups is 1. The van der Waals surface area contributed by atoms with Gasteiger partial charge in [0.15, 0.2) is 0 Å². The van der Waals surface area contributed by atoms with E-state index in [1.54, 1.807) is 24.9 Å². The molecule has 0 fully saturated rings. The van der Waals surface area contributed by atoms with Gasteiger partial charge in [0.2, 0.25) is 0 Å². The maximum Gasteiger partial charge on any atom is 0.127 e. The first kappa shape index (κ1) is 20.2. The number of aliphatic hydroxyl groups excluding tert-OH is 1. The minimum absolute atomic E-state index is 0.236. The molecule has 4 heteroatoms. The van der Waals surface area contributed by atoms with Crippen molar-refractivity contribution in [3.63, 3.8) is 0 Å². The van der Waals surface area contributed by atoms with Gasteiger partial charge in [-0.2, -0.15) is 0 Å². The van der Waals surface area contributed by atoms with Gasteiger partial charge in [-0.25, -0.2) is 4.39 Å². The quantitative estimate of drug-likeness (QED) is 0.656. The molecule has 0 bridgehead atoms. The molecule has 3 atom stereocenters. The molecule has 2 aromatic rings. The number of benzene rings is 2. The van der Waals surface area contributed by atoms with Gasteiger partial charge in [-0.3, -0.25) is 0 Å². The Morgan fingerprint density at radius 3 is 2.63 bits per heavy atom. The third kappa shape index (κ3) is 3.88. The first-order valence-corrected chi connectivity index (χ1v) is 10.8. The van der Waals surface area contributed by atoms with E-state index in [-0.39, 0.29) is 11.2 Å². The Morgan fingerprint density at radius 2 is 1.96 bits per heavy atom. The van der Waals surface area contributed by atoms with E-state index in [0.717, 1.165) is 47.6 Å². The lowest BCUT2D eigenvalue weighted by molar-refractivity contribution is 0.0175. The molecule has 1 heterocycles. The van der Waals surface area contributed by atoms with E-state index in [2.05, 4.69) is 13.8 Å². The first-order chi connectivity index (χ1) is 13.1. The summed E-state index contributed by atoms with van der Waals surface area (Å²) in [5.74, 6) is 0.917. The van der Waals surface area contributed by atoms with Gasteiger partial charge >= 0.3 is 0 Å². The largest absolute Gasteiger partial charge is 0.497 e. The Hall–Kier alpha value is -1.52. The van der Waals surface area contributed by atoms with Gasteiger partial charge < -0.3 is 9.84 Å². The number of halogens is 1. The second kappa shape index (κ2) is 8.66. The molecule has 146 valence electrons. The number of hydrogen-bond acceptors (Lipinski definition) is 3. The molecule has 0 saturated carbocycles.